The van der Waals surface area contributed by atoms with Gasteiger partial charge in [0.2, 0.25) is 5.89 Å². The van der Waals surface area contributed by atoms with E-state index in [9.17, 15) is 4.21 Å². The molecule has 2 heterocycles. The maximum absolute atomic E-state index is 12.2. The molecule has 2 aromatic heterocycles. The lowest BCUT2D eigenvalue weighted by Gasteiger charge is -1.97. The Bertz CT molecular complexity index is 759. The number of benzene rings is 1. The van der Waals surface area contributed by atoms with Gasteiger partial charge in [-0.15, -0.1) is 5.10 Å². The number of pyridine rings is 1. The zero-order valence-electron chi connectivity index (χ0n) is 10.8. The Morgan fingerprint density at radius 3 is 2.67 bits per heavy atom. The van der Waals surface area contributed by atoms with Crippen molar-refractivity contribution < 1.29 is 8.63 Å². The smallest absolute Gasteiger partial charge is 0.308 e. The third-order valence-electron chi connectivity index (χ3n) is 2.71. The molecule has 1 aromatic carbocycles. The molecule has 0 fully saturated rings. The number of hydrogen-bond donors (Lipinski definition) is 0. The number of rotatable bonds is 4. The van der Waals surface area contributed by atoms with Crippen LogP contribution in [-0.2, 0) is 16.6 Å². The minimum Gasteiger partial charge on any atom is -0.410 e. The van der Waals surface area contributed by atoms with E-state index in [1.54, 1.807) is 18.5 Å². The fraction of sp³-hybridized carbons (Fsp3) is 0.0714. The van der Waals surface area contributed by atoms with Crippen LogP contribution < -0.4 is 0 Å². The van der Waals surface area contributed by atoms with Gasteiger partial charge in [-0.05, 0) is 35.9 Å². The predicted octanol–water partition coefficient (Wildman–Crippen LogP) is 3.20. The van der Waals surface area contributed by atoms with Crippen LogP contribution in [0.2, 0.25) is 0 Å². The van der Waals surface area contributed by atoms with Gasteiger partial charge in [-0.2, -0.15) is 0 Å². The van der Waals surface area contributed by atoms with Gasteiger partial charge in [0.15, 0.2) is 0 Å². The number of halogens is 1. The first-order chi connectivity index (χ1) is 10.2. The van der Waals surface area contributed by atoms with Crippen molar-refractivity contribution >= 4 is 26.7 Å². The molecule has 0 saturated carbocycles. The van der Waals surface area contributed by atoms with E-state index in [-0.39, 0.29) is 5.22 Å². The molecule has 1 unspecified atom stereocenters. The quantitative estimate of drug-likeness (QED) is 0.711. The standard InChI is InChI=1S/C14H10BrN3O2S/c15-12-5-3-11(4-6-12)13-17-18-14(20-13)21(19)9-10-2-1-7-16-8-10/h1-8H,9H2. The molecule has 0 N–H and O–H groups in total. The van der Waals surface area contributed by atoms with Crippen molar-refractivity contribution in [3.8, 4) is 11.5 Å². The summed E-state index contributed by atoms with van der Waals surface area (Å²) in [5.74, 6) is 0.660. The van der Waals surface area contributed by atoms with Crippen LogP contribution >= 0.6 is 15.9 Å². The van der Waals surface area contributed by atoms with Crippen LogP contribution in [0.25, 0.3) is 11.5 Å². The van der Waals surface area contributed by atoms with Gasteiger partial charge in [0, 0.05) is 22.4 Å². The van der Waals surface area contributed by atoms with Crippen molar-refractivity contribution in [3.63, 3.8) is 0 Å². The molecule has 0 saturated heterocycles. The van der Waals surface area contributed by atoms with E-state index in [0.29, 0.717) is 11.6 Å². The van der Waals surface area contributed by atoms with Gasteiger partial charge < -0.3 is 4.42 Å². The van der Waals surface area contributed by atoms with Crippen molar-refractivity contribution in [2.45, 2.75) is 11.0 Å². The van der Waals surface area contributed by atoms with Crippen molar-refractivity contribution in [2.75, 3.05) is 0 Å². The first-order valence-electron chi connectivity index (χ1n) is 6.09. The summed E-state index contributed by atoms with van der Waals surface area (Å²) in [6.07, 6.45) is 3.34. The van der Waals surface area contributed by atoms with E-state index in [2.05, 4.69) is 31.1 Å². The molecule has 0 aliphatic carbocycles. The van der Waals surface area contributed by atoms with Gasteiger partial charge in [0.1, 0.15) is 10.8 Å². The van der Waals surface area contributed by atoms with Crippen LogP contribution in [-0.4, -0.2) is 19.4 Å². The highest BCUT2D eigenvalue weighted by molar-refractivity contribution is 9.10. The van der Waals surface area contributed by atoms with Gasteiger partial charge >= 0.3 is 5.22 Å². The van der Waals surface area contributed by atoms with Crippen molar-refractivity contribution in [3.05, 3.63) is 58.8 Å². The molecule has 3 aromatic rings. The lowest BCUT2D eigenvalue weighted by molar-refractivity contribution is 0.455. The molecule has 5 nitrogen and oxygen atoms in total. The van der Waals surface area contributed by atoms with E-state index in [4.69, 9.17) is 4.42 Å². The van der Waals surface area contributed by atoms with Crippen molar-refractivity contribution in [1.29, 1.82) is 0 Å². The second-order valence-electron chi connectivity index (χ2n) is 4.23. The molecule has 0 radical (unpaired) electrons. The van der Waals surface area contributed by atoms with Gasteiger partial charge in [0.25, 0.3) is 0 Å². The third-order valence-corrected chi connectivity index (χ3v) is 4.39. The van der Waals surface area contributed by atoms with Gasteiger partial charge in [-0.1, -0.05) is 27.1 Å². The topological polar surface area (TPSA) is 68.9 Å². The Hall–Kier alpha value is -1.86. The second kappa shape index (κ2) is 6.28. The van der Waals surface area contributed by atoms with E-state index in [0.717, 1.165) is 15.6 Å². The Morgan fingerprint density at radius 1 is 1.14 bits per heavy atom. The lowest BCUT2D eigenvalue weighted by atomic mass is 10.2. The minimum absolute atomic E-state index is 0.122. The van der Waals surface area contributed by atoms with E-state index in [1.165, 1.54) is 0 Å². The summed E-state index contributed by atoms with van der Waals surface area (Å²) in [4.78, 5) is 3.99. The van der Waals surface area contributed by atoms with Crippen LogP contribution in [0.5, 0.6) is 0 Å². The SMILES string of the molecule is O=S(Cc1cccnc1)c1nnc(-c2ccc(Br)cc2)o1. The van der Waals surface area contributed by atoms with Gasteiger partial charge in [-0.25, -0.2) is 4.21 Å². The van der Waals surface area contributed by atoms with E-state index >= 15 is 0 Å². The molecular weight excluding hydrogens is 354 g/mol. The summed E-state index contributed by atoms with van der Waals surface area (Å²) in [5, 5.41) is 7.92. The number of aromatic nitrogens is 3. The summed E-state index contributed by atoms with van der Waals surface area (Å²) < 4.78 is 18.6. The van der Waals surface area contributed by atoms with E-state index < -0.39 is 10.8 Å². The summed E-state index contributed by atoms with van der Waals surface area (Å²) in [7, 11) is -1.38. The molecular formula is C14H10BrN3O2S. The largest absolute Gasteiger partial charge is 0.410 e. The molecule has 0 aliphatic heterocycles. The summed E-state index contributed by atoms with van der Waals surface area (Å²) in [5.41, 5.74) is 1.65. The highest BCUT2D eigenvalue weighted by atomic mass is 79.9. The van der Waals surface area contributed by atoms with Crippen LogP contribution in [0.3, 0.4) is 0 Å². The fourth-order valence-electron chi connectivity index (χ4n) is 1.71. The lowest BCUT2D eigenvalue weighted by Crippen LogP contribution is -1.97. The maximum Gasteiger partial charge on any atom is 0.308 e. The monoisotopic (exact) mass is 363 g/mol. The molecule has 1 atom stereocenters. The molecule has 7 heteroatoms. The molecule has 0 bridgehead atoms. The number of hydrogen-bond acceptors (Lipinski definition) is 5. The summed E-state index contributed by atoms with van der Waals surface area (Å²) >= 11 is 3.36. The van der Waals surface area contributed by atoms with Crippen LogP contribution in [0.15, 0.2) is 62.9 Å². The third kappa shape index (κ3) is 3.43. The van der Waals surface area contributed by atoms with E-state index in [1.807, 2.05) is 30.3 Å². The zero-order valence-corrected chi connectivity index (χ0v) is 13.2. The second-order valence-corrected chi connectivity index (χ2v) is 6.48. The fourth-order valence-corrected chi connectivity index (χ4v) is 2.87. The van der Waals surface area contributed by atoms with Gasteiger partial charge in [0.05, 0.1) is 5.75 Å². The molecule has 0 aliphatic rings. The summed E-state index contributed by atoms with van der Waals surface area (Å²) in [6, 6.07) is 11.1. The highest BCUT2D eigenvalue weighted by Gasteiger charge is 2.15. The first kappa shape index (κ1) is 14.1. The molecule has 106 valence electrons. The summed E-state index contributed by atoms with van der Waals surface area (Å²) in [6.45, 7) is 0. The van der Waals surface area contributed by atoms with Crippen LogP contribution in [0.4, 0.5) is 0 Å². The van der Waals surface area contributed by atoms with Gasteiger partial charge in [-0.3, -0.25) is 4.98 Å². The normalized spacial score (nSPS) is 12.2. The van der Waals surface area contributed by atoms with Crippen molar-refractivity contribution in [2.24, 2.45) is 0 Å². The zero-order chi connectivity index (χ0) is 14.7. The van der Waals surface area contributed by atoms with Crippen LogP contribution in [0.1, 0.15) is 5.56 Å². The van der Waals surface area contributed by atoms with Crippen molar-refractivity contribution in [1.82, 2.24) is 15.2 Å². The molecule has 3 rings (SSSR count). The molecule has 0 amide bonds. The minimum atomic E-state index is -1.38. The van der Waals surface area contributed by atoms with Crippen LogP contribution in [0, 0.1) is 0 Å². The first-order valence-corrected chi connectivity index (χ1v) is 8.20. The molecule has 0 spiro atoms. The Labute approximate surface area is 132 Å². The Morgan fingerprint density at radius 2 is 1.95 bits per heavy atom. The Kier molecular flexibility index (Phi) is 4.21. The average molecular weight is 364 g/mol. The Balaban J connectivity index is 1.78. The maximum atomic E-state index is 12.2. The predicted molar refractivity (Wildman–Crippen MR) is 81.8 cm³/mol. The number of nitrogens with zero attached hydrogens (tertiary/aromatic N) is 3. The molecule has 21 heavy (non-hydrogen) atoms. The highest BCUT2D eigenvalue weighted by Crippen LogP contribution is 2.22. The average Bonchev–Trinajstić information content (AvgIpc) is 2.99.